The predicted octanol–water partition coefficient (Wildman–Crippen LogP) is 3.01. The van der Waals surface area contributed by atoms with E-state index in [1.54, 1.807) is 0 Å². The first-order chi connectivity index (χ1) is 5.89. The highest BCUT2D eigenvalue weighted by molar-refractivity contribution is 6.65. The van der Waals surface area contributed by atoms with Crippen LogP contribution in [0.15, 0.2) is 0 Å². The maximum atomic E-state index is 9.56. The molecule has 0 fully saturated rings. The van der Waals surface area contributed by atoms with Crippen molar-refractivity contribution in [3.63, 3.8) is 0 Å². The fourth-order valence-electron chi connectivity index (χ4n) is 0. The zero-order valence-corrected chi connectivity index (χ0v) is 10.2. The van der Waals surface area contributed by atoms with E-state index in [1.807, 2.05) is 0 Å². The van der Waals surface area contributed by atoms with Crippen LogP contribution in [0.3, 0.4) is 0 Å². The second-order valence-electron chi connectivity index (χ2n) is 1.82. The van der Waals surface area contributed by atoms with Gasteiger partial charge in [0.2, 0.25) is 0 Å². The van der Waals surface area contributed by atoms with E-state index in [0.29, 0.717) is 0 Å². The van der Waals surface area contributed by atoms with Gasteiger partial charge in [0, 0.05) is 6.92 Å². The number of nitro groups is 2. The third-order valence-electron chi connectivity index (χ3n) is 0.528. The molecule has 0 unspecified atom stereocenters. The maximum absolute atomic E-state index is 9.56. The third kappa shape index (κ3) is 10.3. The molecule has 0 N–H and O–H groups in total. The van der Waals surface area contributed by atoms with Gasteiger partial charge in [0.1, 0.15) is 0 Å². The van der Waals surface area contributed by atoms with Crippen molar-refractivity contribution in [3.8, 4) is 0 Å². The highest BCUT2D eigenvalue weighted by atomic mass is 35.6. The first-order valence-electron chi connectivity index (χ1n) is 2.62. The van der Waals surface area contributed by atoms with Crippen LogP contribution in [0.4, 0.5) is 0 Å². The summed E-state index contributed by atoms with van der Waals surface area (Å²) in [5.41, 5.74) is 0. The van der Waals surface area contributed by atoms with Gasteiger partial charge in [0.05, 0.1) is 9.85 Å². The molecule has 0 amide bonds. The lowest BCUT2D eigenvalue weighted by Crippen LogP contribution is -2.18. The van der Waals surface area contributed by atoms with Crippen LogP contribution < -0.4 is 0 Å². The molecule has 11 heteroatoms. The molecule has 0 radical (unpaired) electrons. The summed E-state index contributed by atoms with van der Waals surface area (Å²) in [5.74, 6) is 0. The van der Waals surface area contributed by atoms with Crippen molar-refractivity contribution in [2.45, 2.75) is 15.3 Å². The van der Waals surface area contributed by atoms with Gasteiger partial charge in [-0.2, -0.15) is 0 Å². The summed E-state index contributed by atoms with van der Waals surface area (Å²) in [6.07, 6.45) is 0. The van der Waals surface area contributed by atoms with E-state index in [2.05, 4.69) is 0 Å². The Kier molecular flexibility index (Phi) is 7.11. The van der Waals surface area contributed by atoms with Gasteiger partial charge in [-0.1, -0.05) is 0 Å². The molecule has 0 saturated carbocycles. The summed E-state index contributed by atoms with van der Waals surface area (Å²) in [6.45, 7) is 1.09. The summed E-state index contributed by atoms with van der Waals surface area (Å²) in [4.78, 5) is 17.2. The molecule has 0 aliphatic rings. The minimum absolute atomic E-state index is 0.782. The Hall–Kier alpha value is 0.250. The molecule has 0 aliphatic heterocycles. The van der Waals surface area contributed by atoms with Crippen LogP contribution >= 0.6 is 58.0 Å². The van der Waals surface area contributed by atoms with Crippen LogP contribution in [0.2, 0.25) is 0 Å². The zero-order chi connectivity index (χ0) is 12.2. The smallest absolute Gasteiger partial charge is 0.261 e. The minimum atomic E-state index is -2.36. The molecule has 0 aromatic heterocycles. The number of hydrogen-bond acceptors (Lipinski definition) is 4. The number of nitrogens with zero attached hydrogens (tertiary/aromatic N) is 2. The van der Waals surface area contributed by atoms with Crippen molar-refractivity contribution in [1.82, 2.24) is 0 Å². The fourth-order valence-corrected chi connectivity index (χ4v) is 0. The molecule has 84 valence electrons. The van der Waals surface area contributed by atoms with Gasteiger partial charge in [0.25, 0.3) is 0 Å². The third-order valence-corrected chi connectivity index (χ3v) is 1.22. The molecular formula is C3H3Cl5N2O4. The van der Waals surface area contributed by atoms with Crippen LogP contribution in [0, 0.1) is 20.2 Å². The molecule has 0 atom stereocenters. The van der Waals surface area contributed by atoms with E-state index >= 15 is 0 Å². The molecule has 0 bridgehead atoms. The molecular weight excluding hydrogens is 305 g/mol. The lowest BCUT2D eigenvalue weighted by Gasteiger charge is -1.99. The van der Waals surface area contributed by atoms with Crippen molar-refractivity contribution in [1.29, 1.82) is 0 Å². The van der Waals surface area contributed by atoms with Crippen molar-refractivity contribution in [3.05, 3.63) is 20.2 Å². The van der Waals surface area contributed by atoms with E-state index in [4.69, 9.17) is 58.0 Å². The second-order valence-corrected chi connectivity index (χ2v) is 5.71. The van der Waals surface area contributed by atoms with E-state index in [1.165, 1.54) is 0 Å². The van der Waals surface area contributed by atoms with Crippen LogP contribution in [0.1, 0.15) is 6.92 Å². The Morgan fingerprint density at radius 3 is 1.07 bits per heavy atom. The SMILES string of the molecule is CC(Cl)(Cl)[N+](=O)[O-].O=[N+]([O-])C(Cl)(Cl)Cl. The van der Waals surface area contributed by atoms with Gasteiger partial charge in [-0.15, -0.1) is 0 Å². The van der Waals surface area contributed by atoms with Gasteiger partial charge >= 0.3 is 8.37 Å². The monoisotopic (exact) mass is 306 g/mol. The van der Waals surface area contributed by atoms with E-state index in [0.717, 1.165) is 6.92 Å². The zero-order valence-electron chi connectivity index (χ0n) is 6.42. The highest BCUT2D eigenvalue weighted by Crippen LogP contribution is 2.25. The van der Waals surface area contributed by atoms with Gasteiger partial charge in [-0.05, 0) is 58.0 Å². The molecule has 0 rings (SSSR count). The first kappa shape index (κ1) is 16.7. The van der Waals surface area contributed by atoms with Gasteiger partial charge in [-0.3, -0.25) is 20.2 Å². The fraction of sp³-hybridized carbons (Fsp3) is 1.00. The van der Waals surface area contributed by atoms with Crippen LogP contribution in [-0.4, -0.2) is 18.2 Å². The van der Waals surface area contributed by atoms with Crippen molar-refractivity contribution in [2.75, 3.05) is 0 Å². The second kappa shape index (κ2) is 5.97. The lowest BCUT2D eigenvalue weighted by molar-refractivity contribution is -0.511. The van der Waals surface area contributed by atoms with Gasteiger partial charge < -0.3 is 0 Å². The molecule has 6 nitrogen and oxygen atoms in total. The molecule has 0 aromatic carbocycles. The largest absolute Gasteiger partial charge is 0.449 e. The Bertz CT molecular complexity index is 196. The van der Waals surface area contributed by atoms with E-state index < -0.39 is 18.2 Å². The Labute approximate surface area is 103 Å². The average molecular weight is 308 g/mol. The first-order valence-corrected chi connectivity index (χ1v) is 4.51. The summed E-state index contributed by atoms with van der Waals surface area (Å²) in [5, 5.41) is 19.0. The summed E-state index contributed by atoms with van der Waals surface area (Å²) < 4.78 is -4.19. The Morgan fingerprint density at radius 1 is 0.929 bits per heavy atom. The van der Waals surface area contributed by atoms with Crippen molar-refractivity contribution >= 4 is 58.0 Å². The van der Waals surface area contributed by atoms with Crippen molar-refractivity contribution < 1.29 is 9.85 Å². The Morgan fingerprint density at radius 2 is 1.07 bits per heavy atom. The van der Waals surface area contributed by atoms with Gasteiger partial charge in [0.15, 0.2) is 0 Å². The summed E-state index contributed by atoms with van der Waals surface area (Å²) in [7, 11) is 0. The topological polar surface area (TPSA) is 86.3 Å². The number of hydrogen-bond donors (Lipinski definition) is 0. The number of rotatable bonds is 1. The molecule has 0 spiro atoms. The number of alkyl halides is 5. The lowest BCUT2D eigenvalue weighted by atomic mass is 10.8. The molecule has 0 aromatic rings. The Balaban J connectivity index is 0. The minimum Gasteiger partial charge on any atom is -0.261 e. The normalized spacial score (nSPS) is 11.3. The van der Waals surface area contributed by atoms with Crippen LogP contribution in [0.25, 0.3) is 0 Å². The highest BCUT2D eigenvalue weighted by Gasteiger charge is 2.33. The predicted molar refractivity (Wildman–Crippen MR) is 54.4 cm³/mol. The van der Waals surface area contributed by atoms with Gasteiger partial charge in [-0.25, -0.2) is 0 Å². The molecule has 0 heterocycles. The van der Waals surface area contributed by atoms with Crippen LogP contribution in [0.5, 0.6) is 0 Å². The quantitative estimate of drug-likeness (QED) is 0.322. The molecule has 14 heavy (non-hydrogen) atoms. The number of halogens is 5. The van der Waals surface area contributed by atoms with E-state index in [-0.39, 0.29) is 0 Å². The maximum Gasteiger partial charge on any atom is 0.449 e. The summed E-state index contributed by atoms with van der Waals surface area (Å²) >= 11 is 24.0. The van der Waals surface area contributed by atoms with E-state index in [9.17, 15) is 20.2 Å². The van der Waals surface area contributed by atoms with Crippen LogP contribution in [-0.2, 0) is 0 Å². The summed E-state index contributed by atoms with van der Waals surface area (Å²) in [6, 6.07) is 0. The molecule has 0 saturated heterocycles. The average Bonchev–Trinajstić information content (AvgIpc) is 1.83. The molecule has 0 aliphatic carbocycles. The standard InChI is InChI=1S/C2H3Cl2NO2.CCl3NO2/c1-2(3,4)5(6)7;2-1(3,4)5(6)7/h1H3;. The van der Waals surface area contributed by atoms with Crippen molar-refractivity contribution in [2.24, 2.45) is 0 Å².